The minimum absolute atomic E-state index is 0.232. The predicted octanol–water partition coefficient (Wildman–Crippen LogP) is 7.10. The second kappa shape index (κ2) is 9.77. The largest absolute Gasteiger partial charge is 0.485 e. The van der Waals surface area contributed by atoms with Gasteiger partial charge in [-0.2, -0.15) is 0 Å². The van der Waals surface area contributed by atoms with Crippen LogP contribution in [0.2, 0.25) is 0 Å². The van der Waals surface area contributed by atoms with E-state index < -0.39 is 21.2 Å². The molecule has 1 aliphatic rings. The average Bonchev–Trinajstić information content (AvgIpc) is 3.75. The fraction of sp³-hybridized carbons (Fsp3) is 0.226. The van der Waals surface area contributed by atoms with Crippen molar-refractivity contribution in [1.29, 1.82) is 0 Å². The van der Waals surface area contributed by atoms with Gasteiger partial charge in [0.15, 0.2) is 0 Å². The zero-order valence-corrected chi connectivity index (χ0v) is 23.5. The molecule has 1 atom stereocenters. The van der Waals surface area contributed by atoms with E-state index in [1.54, 1.807) is 17.4 Å². The number of aromatic nitrogens is 1. The number of nitrogens with one attached hydrogen (secondary N) is 1. The van der Waals surface area contributed by atoms with Gasteiger partial charge in [-0.15, -0.1) is 11.3 Å². The number of carbonyl (C=O) groups excluding carboxylic acids is 1. The van der Waals surface area contributed by atoms with Crippen molar-refractivity contribution in [3.63, 3.8) is 0 Å². The van der Waals surface area contributed by atoms with Crippen LogP contribution >= 0.6 is 11.3 Å². The lowest BCUT2D eigenvalue weighted by Gasteiger charge is -2.19. The van der Waals surface area contributed by atoms with Crippen molar-refractivity contribution in [3.05, 3.63) is 95.1 Å². The van der Waals surface area contributed by atoms with E-state index in [1.807, 2.05) is 75.4 Å². The molecule has 6 rings (SSSR count). The molecule has 8 heteroatoms. The first-order chi connectivity index (χ1) is 18.7. The highest BCUT2D eigenvalue weighted by Gasteiger charge is 2.37. The van der Waals surface area contributed by atoms with Gasteiger partial charge in [0.05, 0.1) is 32.3 Å². The number of nitrogens with zero attached hydrogens (tertiary/aromatic N) is 1. The van der Waals surface area contributed by atoms with Crippen LogP contribution in [0.5, 0.6) is 5.75 Å². The van der Waals surface area contributed by atoms with E-state index in [9.17, 15) is 13.2 Å². The van der Waals surface area contributed by atoms with Gasteiger partial charge in [0.1, 0.15) is 11.9 Å². The molecule has 6 nitrogen and oxygen atoms in total. The zero-order chi connectivity index (χ0) is 27.3. The molecule has 0 aliphatic heterocycles. The lowest BCUT2D eigenvalue weighted by atomic mass is 10.0. The van der Waals surface area contributed by atoms with Crippen molar-refractivity contribution in [2.75, 3.05) is 0 Å². The standard InChI is InChI=1S/C31H28N2O4S2/c1-18-13-16-26(37-20(3)21-9-5-4-6-10-21)28-24(31(34)33-39(35,36)22-14-15-22)17-25(32-29(18)28)30-19(2)23-11-7-8-12-27(23)38-30/h4-13,16-17,20,22H,14-15H2,1-3H3,(H,33,34)/t20-/m1/s1. The molecule has 198 valence electrons. The first-order valence-corrected chi connectivity index (χ1v) is 15.3. The van der Waals surface area contributed by atoms with Crippen LogP contribution in [0, 0.1) is 13.8 Å². The van der Waals surface area contributed by atoms with Crippen LogP contribution < -0.4 is 9.46 Å². The molecule has 0 unspecified atom stereocenters. The molecule has 0 spiro atoms. The number of aryl methyl sites for hydroxylation is 2. The minimum Gasteiger partial charge on any atom is -0.485 e. The van der Waals surface area contributed by atoms with E-state index in [0.29, 0.717) is 35.2 Å². The van der Waals surface area contributed by atoms with Crippen LogP contribution in [-0.4, -0.2) is 24.6 Å². The zero-order valence-electron chi connectivity index (χ0n) is 21.9. The van der Waals surface area contributed by atoms with E-state index in [-0.39, 0.29) is 11.7 Å². The fourth-order valence-corrected chi connectivity index (χ4v) is 7.34. The number of pyridine rings is 1. The molecule has 39 heavy (non-hydrogen) atoms. The van der Waals surface area contributed by atoms with Crippen molar-refractivity contribution in [2.24, 2.45) is 0 Å². The Kier molecular flexibility index (Phi) is 6.40. The summed E-state index contributed by atoms with van der Waals surface area (Å²) in [5.41, 5.74) is 4.39. The summed E-state index contributed by atoms with van der Waals surface area (Å²) in [6.07, 6.45) is 0.829. The van der Waals surface area contributed by atoms with Crippen LogP contribution in [0.15, 0.2) is 72.8 Å². The van der Waals surface area contributed by atoms with Crippen LogP contribution in [0.25, 0.3) is 31.6 Å². The number of carbonyl (C=O) groups is 1. The number of benzene rings is 3. The Morgan fingerprint density at radius 3 is 2.46 bits per heavy atom. The lowest BCUT2D eigenvalue weighted by molar-refractivity contribution is 0.0982. The van der Waals surface area contributed by atoms with Gasteiger partial charge >= 0.3 is 0 Å². The van der Waals surface area contributed by atoms with Gasteiger partial charge in [0.2, 0.25) is 10.0 Å². The van der Waals surface area contributed by atoms with Crippen LogP contribution in [0.4, 0.5) is 0 Å². The highest BCUT2D eigenvalue weighted by molar-refractivity contribution is 7.91. The third-order valence-corrected chi connectivity index (χ3v) is 10.3. The molecular weight excluding hydrogens is 528 g/mol. The number of sulfonamides is 1. The number of amides is 1. The maximum absolute atomic E-state index is 13.7. The topological polar surface area (TPSA) is 85.4 Å². The van der Waals surface area contributed by atoms with Gasteiger partial charge in [0, 0.05) is 4.70 Å². The van der Waals surface area contributed by atoms with E-state index in [2.05, 4.69) is 16.9 Å². The number of rotatable bonds is 7. The summed E-state index contributed by atoms with van der Waals surface area (Å²) < 4.78 is 35.4. The Morgan fingerprint density at radius 1 is 1.03 bits per heavy atom. The quantitative estimate of drug-likeness (QED) is 0.231. The average molecular weight is 557 g/mol. The predicted molar refractivity (Wildman–Crippen MR) is 157 cm³/mol. The molecule has 0 radical (unpaired) electrons. The molecule has 1 aliphatic carbocycles. The first-order valence-electron chi connectivity index (χ1n) is 12.9. The Morgan fingerprint density at radius 2 is 1.74 bits per heavy atom. The number of hydrogen-bond acceptors (Lipinski definition) is 6. The van der Waals surface area contributed by atoms with Gasteiger partial charge in [-0.3, -0.25) is 4.79 Å². The molecule has 2 aromatic heterocycles. The molecule has 0 bridgehead atoms. The number of fused-ring (bicyclic) bond motifs is 2. The van der Waals surface area contributed by atoms with Crippen LogP contribution in [0.3, 0.4) is 0 Å². The van der Waals surface area contributed by atoms with Gasteiger partial charge in [-0.25, -0.2) is 18.1 Å². The molecular formula is C31H28N2O4S2. The van der Waals surface area contributed by atoms with E-state index in [1.165, 1.54) is 0 Å². The van der Waals surface area contributed by atoms with Gasteiger partial charge < -0.3 is 4.74 Å². The third kappa shape index (κ3) is 4.79. The Bertz CT molecular complexity index is 1840. The SMILES string of the molecule is Cc1c(-c2cc(C(=O)NS(=O)(=O)C3CC3)c3c(O[C@H](C)c4ccccc4)ccc(C)c3n2)sc2ccccc12. The second-order valence-corrected chi connectivity index (χ2v) is 13.1. The fourth-order valence-electron chi connectivity index (χ4n) is 4.88. The minimum atomic E-state index is -3.76. The van der Waals surface area contributed by atoms with Crippen LogP contribution in [-0.2, 0) is 10.0 Å². The van der Waals surface area contributed by atoms with Gasteiger partial charge in [-0.1, -0.05) is 54.6 Å². The molecule has 1 N–H and O–H groups in total. The summed E-state index contributed by atoms with van der Waals surface area (Å²) in [7, 11) is -3.76. The van der Waals surface area contributed by atoms with Crippen molar-refractivity contribution < 1.29 is 17.9 Å². The molecule has 1 fully saturated rings. The monoisotopic (exact) mass is 556 g/mol. The van der Waals surface area contributed by atoms with Crippen molar-refractivity contribution in [1.82, 2.24) is 9.71 Å². The molecule has 3 aromatic carbocycles. The summed E-state index contributed by atoms with van der Waals surface area (Å²) in [5, 5.41) is 1.12. The Balaban J connectivity index is 1.55. The molecule has 1 saturated carbocycles. The number of ether oxygens (including phenoxy) is 1. The molecule has 1 amide bonds. The second-order valence-electron chi connectivity index (χ2n) is 10.1. The lowest BCUT2D eigenvalue weighted by Crippen LogP contribution is -2.33. The Hall–Kier alpha value is -3.75. The third-order valence-electron chi connectivity index (χ3n) is 7.22. The number of thiophene rings is 1. The van der Waals surface area contributed by atoms with E-state index >= 15 is 0 Å². The van der Waals surface area contributed by atoms with Gasteiger partial charge in [-0.05, 0) is 73.9 Å². The Labute approximate surface area is 231 Å². The molecule has 5 aromatic rings. The highest BCUT2D eigenvalue weighted by atomic mass is 32.2. The maximum atomic E-state index is 13.7. The summed E-state index contributed by atoms with van der Waals surface area (Å²) >= 11 is 1.61. The summed E-state index contributed by atoms with van der Waals surface area (Å²) in [5.74, 6) is -0.190. The summed E-state index contributed by atoms with van der Waals surface area (Å²) in [6.45, 7) is 5.93. The number of hydrogen-bond donors (Lipinski definition) is 1. The van der Waals surface area contributed by atoms with Crippen molar-refractivity contribution >= 4 is 48.3 Å². The highest BCUT2D eigenvalue weighted by Crippen LogP contribution is 2.41. The first kappa shape index (κ1) is 25.5. The molecule has 0 saturated heterocycles. The van der Waals surface area contributed by atoms with Crippen LogP contribution in [0.1, 0.15) is 52.9 Å². The summed E-state index contributed by atoms with van der Waals surface area (Å²) in [6, 6.07) is 23.4. The summed E-state index contributed by atoms with van der Waals surface area (Å²) in [4.78, 5) is 19.7. The molecule has 2 heterocycles. The van der Waals surface area contributed by atoms with E-state index in [0.717, 1.165) is 31.7 Å². The normalized spacial score (nSPS) is 14.4. The van der Waals surface area contributed by atoms with E-state index in [4.69, 9.17) is 9.72 Å². The van der Waals surface area contributed by atoms with Crippen molar-refractivity contribution in [3.8, 4) is 16.3 Å². The maximum Gasteiger partial charge on any atom is 0.265 e. The smallest absolute Gasteiger partial charge is 0.265 e. The van der Waals surface area contributed by atoms with Crippen molar-refractivity contribution in [2.45, 2.75) is 45.0 Å². The van der Waals surface area contributed by atoms with Gasteiger partial charge in [0.25, 0.3) is 5.91 Å².